The summed E-state index contributed by atoms with van der Waals surface area (Å²) in [6.07, 6.45) is 3.00. The first kappa shape index (κ1) is 13.4. The van der Waals surface area contributed by atoms with Crippen molar-refractivity contribution in [1.29, 1.82) is 0 Å². The number of carbonyl (C=O) groups is 1. The van der Waals surface area contributed by atoms with Crippen LogP contribution in [0.2, 0.25) is 0 Å². The molecule has 0 saturated heterocycles. The van der Waals surface area contributed by atoms with Crippen LogP contribution in [0.25, 0.3) is 0 Å². The van der Waals surface area contributed by atoms with E-state index in [9.17, 15) is 4.79 Å². The van der Waals surface area contributed by atoms with Gasteiger partial charge in [0.25, 0.3) is 5.91 Å². The second-order valence-electron chi connectivity index (χ2n) is 5.17. The fourth-order valence-electron chi connectivity index (χ4n) is 2.72. The van der Waals surface area contributed by atoms with Crippen LogP contribution >= 0.6 is 15.9 Å². The molecule has 2 aromatic rings. The number of aryl methyl sites for hydroxylation is 1. The maximum Gasteiger partial charge on any atom is 0.271 e. The lowest BCUT2D eigenvalue weighted by Crippen LogP contribution is -2.27. The summed E-state index contributed by atoms with van der Waals surface area (Å²) >= 11 is 3.47. The van der Waals surface area contributed by atoms with Crippen LogP contribution in [0.15, 0.2) is 41.0 Å². The fourth-order valence-corrected chi connectivity index (χ4v) is 3.18. The van der Waals surface area contributed by atoms with Gasteiger partial charge in [0.15, 0.2) is 0 Å². The molecule has 1 amide bonds. The summed E-state index contributed by atoms with van der Waals surface area (Å²) < 4.78 is 3.00. The Morgan fingerprint density at radius 2 is 1.90 bits per heavy atom. The lowest BCUT2D eigenvalue weighted by Gasteiger charge is -2.16. The van der Waals surface area contributed by atoms with Crippen LogP contribution in [0.3, 0.4) is 0 Å². The SMILES string of the molecule is CCCn1cc(Br)cc1C(=O)N1Cc2ccccc2C1. The first-order valence-corrected chi connectivity index (χ1v) is 7.70. The Morgan fingerprint density at radius 3 is 2.50 bits per heavy atom. The van der Waals surface area contributed by atoms with E-state index in [0.29, 0.717) is 13.1 Å². The summed E-state index contributed by atoms with van der Waals surface area (Å²) in [6, 6.07) is 10.2. The van der Waals surface area contributed by atoms with Gasteiger partial charge >= 0.3 is 0 Å². The number of benzene rings is 1. The third-order valence-electron chi connectivity index (χ3n) is 3.67. The van der Waals surface area contributed by atoms with Crippen LogP contribution in [0.1, 0.15) is 35.0 Å². The number of amides is 1. The second-order valence-corrected chi connectivity index (χ2v) is 6.08. The molecule has 0 saturated carbocycles. The van der Waals surface area contributed by atoms with Crippen molar-refractivity contribution in [1.82, 2.24) is 9.47 Å². The Morgan fingerprint density at radius 1 is 1.25 bits per heavy atom. The van der Waals surface area contributed by atoms with E-state index in [1.807, 2.05) is 33.9 Å². The first-order chi connectivity index (χ1) is 9.69. The van der Waals surface area contributed by atoms with Gasteiger partial charge in [-0.3, -0.25) is 4.79 Å². The molecule has 0 N–H and O–H groups in total. The quantitative estimate of drug-likeness (QED) is 0.838. The minimum atomic E-state index is 0.111. The van der Waals surface area contributed by atoms with Crippen molar-refractivity contribution < 1.29 is 4.79 Å². The molecule has 0 atom stereocenters. The van der Waals surface area contributed by atoms with E-state index in [0.717, 1.165) is 23.1 Å². The fraction of sp³-hybridized carbons (Fsp3) is 0.312. The monoisotopic (exact) mass is 332 g/mol. The largest absolute Gasteiger partial charge is 0.342 e. The van der Waals surface area contributed by atoms with Gasteiger partial charge in [-0.2, -0.15) is 0 Å². The summed E-state index contributed by atoms with van der Waals surface area (Å²) in [6.45, 7) is 4.41. The average molecular weight is 333 g/mol. The number of hydrogen-bond donors (Lipinski definition) is 0. The van der Waals surface area contributed by atoms with Crippen LogP contribution in [0, 0.1) is 0 Å². The molecule has 0 bridgehead atoms. The minimum Gasteiger partial charge on any atom is -0.342 e. The van der Waals surface area contributed by atoms with Crippen LogP contribution in [-0.2, 0) is 19.6 Å². The van der Waals surface area contributed by atoms with Crippen LogP contribution in [-0.4, -0.2) is 15.4 Å². The molecule has 0 aliphatic carbocycles. The summed E-state index contributed by atoms with van der Waals surface area (Å²) in [5, 5.41) is 0. The molecule has 2 heterocycles. The maximum atomic E-state index is 12.7. The Hall–Kier alpha value is -1.55. The van der Waals surface area contributed by atoms with E-state index < -0.39 is 0 Å². The molecule has 1 aromatic heterocycles. The number of carbonyl (C=O) groups excluding carboxylic acids is 1. The highest BCUT2D eigenvalue weighted by Gasteiger charge is 2.25. The standard InChI is InChI=1S/C16H17BrN2O/c1-2-7-18-11-14(17)8-15(18)16(20)19-9-12-5-3-4-6-13(12)10-19/h3-6,8,11H,2,7,9-10H2,1H3. The van der Waals surface area contributed by atoms with Gasteiger partial charge in [0.1, 0.15) is 5.69 Å². The molecule has 104 valence electrons. The van der Waals surface area contributed by atoms with E-state index in [4.69, 9.17) is 0 Å². The number of hydrogen-bond acceptors (Lipinski definition) is 1. The number of halogens is 1. The van der Waals surface area contributed by atoms with Crippen molar-refractivity contribution in [3.63, 3.8) is 0 Å². The Kier molecular flexibility index (Phi) is 3.66. The van der Waals surface area contributed by atoms with Crippen LogP contribution < -0.4 is 0 Å². The number of fused-ring (bicyclic) bond motifs is 1. The Bertz CT molecular complexity index is 623. The zero-order chi connectivity index (χ0) is 14.1. The molecule has 20 heavy (non-hydrogen) atoms. The van der Waals surface area contributed by atoms with Crippen molar-refractivity contribution in [2.45, 2.75) is 33.0 Å². The Balaban J connectivity index is 1.84. The van der Waals surface area contributed by atoms with Gasteiger partial charge in [0, 0.05) is 30.3 Å². The number of nitrogens with zero attached hydrogens (tertiary/aromatic N) is 2. The first-order valence-electron chi connectivity index (χ1n) is 6.90. The van der Waals surface area contributed by atoms with Gasteiger partial charge in [-0.05, 0) is 39.5 Å². The smallest absolute Gasteiger partial charge is 0.271 e. The molecule has 1 aliphatic heterocycles. The molecule has 1 aromatic carbocycles. The molecule has 0 radical (unpaired) electrons. The van der Waals surface area contributed by atoms with Gasteiger partial charge in [-0.15, -0.1) is 0 Å². The third-order valence-corrected chi connectivity index (χ3v) is 4.11. The number of rotatable bonds is 3. The highest BCUT2D eigenvalue weighted by molar-refractivity contribution is 9.10. The van der Waals surface area contributed by atoms with Crippen LogP contribution in [0.5, 0.6) is 0 Å². The lowest BCUT2D eigenvalue weighted by molar-refractivity contribution is 0.0740. The predicted octanol–water partition coefficient (Wildman–Crippen LogP) is 3.82. The zero-order valence-electron chi connectivity index (χ0n) is 11.5. The van der Waals surface area contributed by atoms with Crippen molar-refractivity contribution in [3.05, 3.63) is 57.8 Å². The molecular formula is C16H17BrN2O. The van der Waals surface area contributed by atoms with Crippen molar-refractivity contribution in [3.8, 4) is 0 Å². The van der Waals surface area contributed by atoms with Crippen molar-refractivity contribution >= 4 is 21.8 Å². The molecule has 0 unspecified atom stereocenters. The maximum absolute atomic E-state index is 12.7. The van der Waals surface area contributed by atoms with Crippen molar-refractivity contribution in [2.75, 3.05) is 0 Å². The normalized spacial score (nSPS) is 13.6. The van der Waals surface area contributed by atoms with E-state index in [1.165, 1.54) is 11.1 Å². The molecule has 0 spiro atoms. The zero-order valence-corrected chi connectivity index (χ0v) is 13.1. The van der Waals surface area contributed by atoms with Crippen molar-refractivity contribution in [2.24, 2.45) is 0 Å². The topological polar surface area (TPSA) is 25.2 Å². The predicted molar refractivity (Wildman–Crippen MR) is 82.4 cm³/mol. The van der Waals surface area contributed by atoms with Gasteiger partial charge in [-0.25, -0.2) is 0 Å². The van der Waals surface area contributed by atoms with Gasteiger partial charge < -0.3 is 9.47 Å². The minimum absolute atomic E-state index is 0.111. The van der Waals surface area contributed by atoms with Gasteiger partial charge in [-0.1, -0.05) is 31.2 Å². The number of aromatic nitrogens is 1. The van der Waals surface area contributed by atoms with E-state index in [-0.39, 0.29) is 5.91 Å². The van der Waals surface area contributed by atoms with Crippen LogP contribution in [0.4, 0.5) is 0 Å². The lowest BCUT2D eigenvalue weighted by atomic mass is 10.1. The molecule has 3 nitrogen and oxygen atoms in total. The molecule has 1 aliphatic rings. The van der Waals surface area contributed by atoms with E-state index in [1.54, 1.807) is 0 Å². The van der Waals surface area contributed by atoms with E-state index >= 15 is 0 Å². The Labute approximate surface area is 127 Å². The summed E-state index contributed by atoms with van der Waals surface area (Å²) in [5.41, 5.74) is 3.29. The molecule has 0 fully saturated rings. The van der Waals surface area contributed by atoms with E-state index in [2.05, 4.69) is 35.0 Å². The highest BCUT2D eigenvalue weighted by Crippen LogP contribution is 2.25. The third kappa shape index (κ3) is 2.40. The molecule has 3 rings (SSSR count). The molecular weight excluding hydrogens is 316 g/mol. The van der Waals surface area contributed by atoms with Gasteiger partial charge in [0.05, 0.1) is 0 Å². The molecule has 4 heteroatoms. The summed E-state index contributed by atoms with van der Waals surface area (Å²) in [7, 11) is 0. The summed E-state index contributed by atoms with van der Waals surface area (Å²) in [5.74, 6) is 0.111. The summed E-state index contributed by atoms with van der Waals surface area (Å²) in [4.78, 5) is 14.6. The highest BCUT2D eigenvalue weighted by atomic mass is 79.9. The second kappa shape index (κ2) is 5.44. The average Bonchev–Trinajstić information content (AvgIpc) is 3.02. The van der Waals surface area contributed by atoms with Gasteiger partial charge in [0.2, 0.25) is 0 Å².